The zero-order valence-corrected chi connectivity index (χ0v) is 12.2. The van der Waals surface area contributed by atoms with E-state index in [0.29, 0.717) is 30.3 Å². The average molecular weight is 307 g/mol. The maximum absolute atomic E-state index is 12.5. The molecule has 0 aliphatic carbocycles. The fourth-order valence-electron chi connectivity index (χ4n) is 2.61. The molecule has 0 saturated heterocycles. The van der Waals surface area contributed by atoms with Crippen LogP contribution in [0.3, 0.4) is 0 Å². The minimum atomic E-state index is -0.271. The van der Waals surface area contributed by atoms with Crippen molar-refractivity contribution in [2.45, 2.75) is 0 Å². The summed E-state index contributed by atoms with van der Waals surface area (Å²) in [6.07, 6.45) is 1.51. The molecule has 2 heterocycles. The molecule has 114 valence electrons. The number of carbonyl (C=O) groups is 1. The number of hydrogen-bond acceptors (Lipinski definition) is 5. The molecular formula is C18H13NO4. The summed E-state index contributed by atoms with van der Waals surface area (Å²) in [4.78, 5) is 16.9. The Bertz CT molecular complexity index is 920. The Kier molecular flexibility index (Phi) is 3.12. The monoisotopic (exact) mass is 307 g/mol. The van der Waals surface area contributed by atoms with Gasteiger partial charge in [0, 0.05) is 23.2 Å². The van der Waals surface area contributed by atoms with E-state index < -0.39 is 0 Å². The Hall–Kier alpha value is -3.08. The number of fused-ring (bicyclic) bond motifs is 2. The van der Waals surface area contributed by atoms with E-state index in [1.807, 2.05) is 6.07 Å². The number of benzene rings is 2. The summed E-state index contributed by atoms with van der Waals surface area (Å²) in [5, 5.41) is 10.6. The minimum Gasteiger partial charge on any atom is -0.507 e. The Labute approximate surface area is 132 Å². The fraction of sp³-hybridized carbons (Fsp3) is 0.111. The summed E-state index contributed by atoms with van der Waals surface area (Å²) in [6, 6.07) is 11.8. The number of phenols is 1. The Morgan fingerprint density at radius 3 is 2.57 bits per heavy atom. The summed E-state index contributed by atoms with van der Waals surface area (Å²) >= 11 is 0. The van der Waals surface area contributed by atoms with Gasteiger partial charge in [-0.3, -0.25) is 9.78 Å². The highest BCUT2D eigenvalue weighted by Gasteiger charge is 2.17. The molecule has 1 N–H and O–H groups in total. The third-order valence-electron chi connectivity index (χ3n) is 3.76. The predicted octanol–water partition coefficient (Wildman–Crippen LogP) is 2.94. The third kappa shape index (κ3) is 2.36. The molecule has 23 heavy (non-hydrogen) atoms. The first-order valence-corrected chi connectivity index (χ1v) is 7.24. The van der Waals surface area contributed by atoms with E-state index >= 15 is 0 Å². The highest BCUT2D eigenvalue weighted by molar-refractivity contribution is 6.11. The normalized spacial score (nSPS) is 13.0. The van der Waals surface area contributed by atoms with E-state index in [-0.39, 0.29) is 17.1 Å². The van der Waals surface area contributed by atoms with E-state index in [1.54, 1.807) is 30.3 Å². The number of hydrogen-bond donors (Lipinski definition) is 1. The quantitative estimate of drug-likeness (QED) is 0.737. The Balaban J connectivity index is 1.79. The maximum atomic E-state index is 12.5. The maximum Gasteiger partial charge on any atom is 0.198 e. The highest BCUT2D eigenvalue weighted by Crippen LogP contribution is 2.34. The van der Waals surface area contributed by atoms with Gasteiger partial charge < -0.3 is 14.6 Å². The second-order valence-corrected chi connectivity index (χ2v) is 5.26. The lowest BCUT2D eigenvalue weighted by molar-refractivity contribution is 0.103. The van der Waals surface area contributed by atoms with Crippen molar-refractivity contribution >= 4 is 16.7 Å². The summed E-state index contributed by atoms with van der Waals surface area (Å²) in [6.45, 7) is 1.02. The molecule has 5 nitrogen and oxygen atoms in total. The van der Waals surface area contributed by atoms with Gasteiger partial charge in [0.25, 0.3) is 0 Å². The van der Waals surface area contributed by atoms with Crippen LogP contribution in [0.4, 0.5) is 0 Å². The number of aromatic nitrogens is 1. The number of carbonyl (C=O) groups excluding carboxylic acids is 1. The zero-order valence-electron chi connectivity index (χ0n) is 12.2. The summed E-state index contributed by atoms with van der Waals surface area (Å²) in [5.74, 6) is 1.00. The van der Waals surface area contributed by atoms with Gasteiger partial charge in [-0.2, -0.15) is 0 Å². The van der Waals surface area contributed by atoms with Crippen LogP contribution in [0.2, 0.25) is 0 Å². The van der Waals surface area contributed by atoms with Crippen molar-refractivity contribution in [1.82, 2.24) is 4.98 Å². The SMILES string of the molecule is O=C(c1cnc2cc3c(cc2c1)OCCO3)c1ccccc1O. The van der Waals surface area contributed by atoms with Crippen LogP contribution in [0.25, 0.3) is 10.9 Å². The lowest BCUT2D eigenvalue weighted by Crippen LogP contribution is -2.15. The number of phenolic OH excluding ortho intramolecular Hbond substituents is 1. The Morgan fingerprint density at radius 2 is 1.78 bits per heavy atom. The van der Waals surface area contributed by atoms with Gasteiger partial charge in [0.2, 0.25) is 0 Å². The van der Waals surface area contributed by atoms with E-state index in [4.69, 9.17) is 9.47 Å². The topological polar surface area (TPSA) is 68.7 Å². The van der Waals surface area contributed by atoms with Crippen molar-refractivity contribution in [3.05, 3.63) is 59.8 Å². The smallest absolute Gasteiger partial charge is 0.198 e. The van der Waals surface area contributed by atoms with Crippen molar-refractivity contribution in [2.24, 2.45) is 0 Å². The van der Waals surface area contributed by atoms with Crippen LogP contribution < -0.4 is 9.47 Å². The molecule has 0 unspecified atom stereocenters. The minimum absolute atomic E-state index is 0.0419. The van der Waals surface area contributed by atoms with Crippen molar-refractivity contribution in [2.75, 3.05) is 13.2 Å². The van der Waals surface area contributed by atoms with Gasteiger partial charge >= 0.3 is 0 Å². The lowest BCUT2D eigenvalue weighted by Gasteiger charge is -2.18. The molecule has 1 aliphatic heterocycles. The standard InChI is InChI=1S/C18H13NO4/c20-15-4-2-1-3-13(15)18(21)12-7-11-8-16-17(23-6-5-22-16)9-14(11)19-10-12/h1-4,7-10,20H,5-6H2. The van der Waals surface area contributed by atoms with E-state index in [9.17, 15) is 9.90 Å². The third-order valence-corrected chi connectivity index (χ3v) is 3.76. The predicted molar refractivity (Wildman–Crippen MR) is 84.3 cm³/mol. The van der Waals surface area contributed by atoms with Crippen molar-refractivity contribution in [3.63, 3.8) is 0 Å². The molecule has 0 bridgehead atoms. The fourth-order valence-corrected chi connectivity index (χ4v) is 2.61. The van der Waals surface area contributed by atoms with Crippen LogP contribution in [-0.4, -0.2) is 29.1 Å². The number of para-hydroxylation sites is 1. The van der Waals surface area contributed by atoms with Crippen molar-refractivity contribution < 1.29 is 19.4 Å². The van der Waals surface area contributed by atoms with Crippen LogP contribution in [0.5, 0.6) is 17.2 Å². The number of rotatable bonds is 2. The van der Waals surface area contributed by atoms with E-state index in [2.05, 4.69) is 4.98 Å². The molecular weight excluding hydrogens is 294 g/mol. The number of ketones is 1. The summed E-state index contributed by atoms with van der Waals surface area (Å²) in [5.41, 5.74) is 1.39. The molecule has 0 spiro atoms. The van der Waals surface area contributed by atoms with Crippen LogP contribution >= 0.6 is 0 Å². The number of aromatic hydroxyl groups is 1. The largest absolute Gasteiger partial charge is 0.507 e. The van der Waals surface area contributed by atoms with Gasteiger partial charge in [-0.25, -0.2) is 0 Å². The molecule has 0 saturated carbocycles. The van der Waals surface area contributed by atoms with Gasteiger partial charge in [-0.15, -0.1) is 0 Å². The Morgan fingerprint density at radius 1 is 1.04 bits per heavy atom. The first kappa shape index (κ1) is 13.6. The molecule has 3 aromatic rings. The van der Waals surface area contributed by atoms with Crippen LogP contribution in [-0.2, 0) is 0 Å². The summed E-state index contributed by atoms with van der Waals surface area (Å²) in [7, 11) is 0. The van der Waals surface area contributed by atoms with Crippen LogP contribution in [0.1, 0.15) is 15.9 Å². The number of pyridine rings is 1. The summed E-state index contributed by atoms with van der Waals surface area (Å²) < 4.78 is 11.1. The first-order chi connectivity index (χ1) is 11.2. The molecule has 4 rings (SSSR count). The molecule has 2 aromatic carbocycles. The van der Waals surface area contributed by atoms with Crippen molar-refractivity contribution in [3.8, 4) is 17.2 Å². The molecule has 0 fully saturated rings. The van der Waals surface area contributed by atoms with E-state index in [0.717, 1.165) is 10.9 Å². The lowest BCUT2D eigenvalue weighted by atomic mass is 10.0. The van der Waals surface area contributed by atoms with Gasteiger partial charge in [-0.05, 0) is 24.3 Å². The molecule has 0 radical (unpaired) electrons. The molecule has 0 atom stereocenters. The van der Waals surface area contributed by atoms with Crippen molar-refractivity contribution in [1.29, 1.82) is 0 Å². The van der Waals surface area contributed by atoms with Gasteiger partial charge in [0.1, 0.15) is 19.0 Å². The second-order valence-electron chi connectivity index (χ2n) is 5.26. The zero-order chi connectivity index (χ0) is 15.8. The van der Waals surface area contributed by atoms with Gasteiger partial charge in [0.15, 0.2) is 17.3 Å². The number of nitrogens with zero attached hydrogens (tertiary/aromatic N) is 1. The molecule has 5 heteroatoms. The molecule has 1 aliphatic rings. The van der Waals surface area contributed by atoms with Crippen LogP contribution in [0.15, 0.2) is 48.7 Å². The molecule has 1 aromatic heterocycles. The van der Waals surface area contributed by atoms with E-state index in [1.165, 1.54) is 12.3 Å². The second kappa shape index (κ2) is 5.28. The first-order valence-electron chi connectivity index (χ1n) is 7.24. The van der Waals surface area contributed by atoms with Gasteiger partial charge in [-0.1, -0.05) is 12.1 Å². The highest BCUT2D eigenvalue weighted by atomic mass is 16.6. The number of ether oxygens (including phenoxy) is 2. The van der Waals surface area contributed by atoms with Gasteiger partial charge in [0.05, 0.1) is 11.1 Å². The van der Waals surface area contributed by atoms with Crippen LogP contribution in [0, 0.1) is 0 Å². The average Bonchev–Trinajstić information content (AvgIpc) is 2.59. The molecule has 0 amide bonds.